The highest BCUT2D eigenvalue weighted by Crippen LogP contribution is 2.42. The second-order valence-electron chi connectivity index (χ2n) is 6.24. The zero-order chi connectivity index (χ0) is 15.0. The molecule has 0 aromatic heterocycles. The van der Waals surface area contributed by atoms with Gasteiger partial charge in [0.2, 0.25) is 0 Å². The van der Waals surface area contributed by atoms with E-state index in [1.165, 1.54) is 22.3 Å². The Labute approximate surface area is 151 Å². The quantitative estimate of drug-likeness (QED) is 0.654. The maximum atomic E-state index is 2.38. The maximum Gasteiger partial charge on any atom is 0.0511 e. The summed E-state index contributed by atoms with van der Waals surface area (Å²) in [6.07, 6.45) is 1.14. The Morgan fingerprint density at radius 1 is 0.773 bits per heavy atom. The minimum absolute atomic E-state index is 0. The largest absolute Gasteiger partial charge is 0.237 e. The summed E-state index contributed by atoms with van der Waals surface area (Å²) < 4.78 is 0. The molecular weight excluding hydrogens is 383 g/mol. The lowest BCUT2D eigenvalue weighted by Gasteiger charge is -2.28. The van der Waals surface area contributed by atoms with Gasteiger partial charge in [0.05, 0.1) is 12.1 Å². The van der Waals surface area contributed by atoms with Crippen LogP contribution >= 0.6 is 24.0 Å². The Kier molecular flexibility index (Phi) is 5.64. The molecule has 0 spiro atoms. The Balaban J connectivity index is 0.00000176. The van der Waals surface area contributed by atoms with Crippen molar-refractivity contribution in [3.05, 3.63) is 70.8 Å². The summed E-state index contributed by atoms with van der Waals surface area (Å²) in [4.78, 5) is 0. The third-order valence-electron chi connectivity index (χ3n) is 4.70. The van der Waals surface area contributed by atoms with Crippen molar-refractivity contribution in [2.24, 2.45) is 0 Å². The third kappa shape index (κ3) is 3.36. The molecule has 1 heterocycles. The molecule has 1 saturated heterocycles. The van der Waals surface area contributed by atoms with Gasteiger partial charge < -0.3 is 0 Å². The molecule has 0 bridgehead atoms. The summed E-state index contributed by atoms with van der Waals surface area (Å²) >= 11 is 0. The average molecular weight is 408 g/mol. The minimum atomic E-state index is 0. The van der Waals surface area contributed by atoms with Crippen LogP contribution in [-0.4, -0.2) is 24.1 Å². The molecular formula is C19H25IN2. The topological polar surface area (TPSA) is 6.48 Å². The van der Waals surface area contributed by atoms with Gasteiger partial charge in [-0.05, 0) is 31.4 Å². The Morgan fingerprint density at radius 3 is 1.55 bits per heavy atom. The lowest BCUT2D eigenvalue weighted by molar-refractivity contribution is 0.0252. The van der Waals surface area contributed by atoms with Crippen LogP contribution < -0.4 is 0 Å². The van der Waals surface area contributed by atoms with Gasteiger partial charge in [-0.3, -0.25) is 0 Å². The highest BCUT2D eigenvalue weighted by molar-refractivity contribution is 14.0. The molecule has 1 fully saturated rings. The van der Waals surface area contributed by atoms with E-state index in [0.717, 1.165) is 6.42 Å². The second kappa shape index (κ2) is 7.11. The lowest BCUT2D eigenvalue weighted by Crippen LogP contribution is -2.32. The maximum absolute atomic E-state index is 2.38. The molecule has 118 valence electrons. The molecule has 0 saturated carbocycles. The van der Waals surface area contributed by atoms with Crippen molar-refractivity contribution in [3.8, 4) is 0 Å². The van der Waals surface area contributed by atoms with Crippen LogP contribution in [-0.2, 0) is 0 Å². The van der Waals surface area contributed by atoms with Gasteiger partial charge in [0.25, 0.3) is 0 Å². The first kappa shape index (κ1) is 17.4. The van der Waals surface area contributed by atoms with Gasteiger partial charge in [0.15, 0.2) is 0 Å². The molecule has 2 nitrogen and oxygen atoms in total. The fraction of sp³-hybridized carbons (Fsp3) is 0.368. The van der Waals surface area contributed by atoms with Crippen molar-refractivity contribution in [3.63, 3.8) is 0 Å². The van der Waals surface area contributed by atoms with E-state index in [1.807, 2.05) is 0 Å². The number of rotatable bonds is 2. The summed E-state index contributed by atoms with van der Waals surface area (Å²) in [7, 11) is 4.39. The number of halogens is 1. The van der Waals surface area contributed by atoms with E-state index in [9.17, 15) is 0 Å². The van der Waals surface area contributed by atoms with Crippen molar-refractivity contribution >= 4 is 24.0 Å². The van der Waals surface area contributed by atoms with E-state index in [1.54, 1.807) is 0 Å². The van der Waals surface area contributed by atoms with Crippen LogP contribution in [0.4, 0.5) is 0 Å². The number of nitrogens with zero attached hydrogens (tertiary/aromatic N) is 2. The van der Waals surface area contributed by atoms with Crippen molar-refractivity contribution < 1.29 is 0 Å². The molecule has 0 N–H and O–H groups in total. The summed E-state index contributed by atoms with van der Waals surface area (Å²) in [5, 5.41) is 4.75. The molecule has 0 radical (unpaired) electrons. The molecule has 22 heavy (non-hydrogen) atoms. The predicted molar refractivity (Wildman–Crippen MR) is 103 cm³/mol. The first-order valence-corrected chi connectivity index (χ1v) is 7.65. The molecule has 2 atom stereocenters. The van der Waals surface area contributed by atoms with E-state index < -0.39 is 0 Å². The highest BCUT2D eigenvalue weighted by Gasteiger charge is 2.36. The normalized spacial score (nSPS) is 22.5. The van der Waals surface area contributed by atoms with Crippen LogP contribution in [0.25, 0.3) is 0 Å². The number of benzene rings is 2. The van der Waals surface area contributed by atoms with E-state index in [4.69, 9.17) is 0 Å². The fourth-order valence-electron chi connectivity index (χ4n) is 3.41. The molecule has 2 unspecified atom stereocenters. The van der Waals surface area contributed by atoms with Crippen molar-refractivity contribution in [1.82, 2.24) is 10.0 Å². The predicted octanol–water partition coefficient (Wildman–Crippen LogP) is 4.89. The highest BCUT2D eigenvalue weighted by atomic mass is 127. The zero-order valence-corrected chi connectivity index (χ0v) is 16.1. The Bertz CT molecular complexity index is 585. The average Bonchev–Trinajstić information content (AvgIpc) is 2.75. The molecule has 1 aliphatic rings. The van der Waals surface area contributed by atoms with Crippen LogP contribution in [0.15, 0.2) is 48.5 Å². The second-order valence-corrected chi connectivity index (χ2v) is 6.24. The lowest BCUT2D eigenvalue weighted by atomic mass is 9.95. The standard InChI is InChI=1S/C19H24N2.HI/c1-14-7-5-9-16(11-14)18-13-19(21(4)20(18)3)17-10-6-8-15(2)12-17;/h5-12,18-19H,13H2,1-4H3;1H. The summed E-state index contributed by atoms with van der Waals surface area (Å²) in [5.74, 6) is 0. The van der Waals surface area contributed by atoms with Crippen molar-refractivity contribution in [1.29, 1.82) is 0 Å². The van der Waals surface area contributed by atoms with E-state index in [0.29, 0.717) is 12.1 Å². The molecule has 1 aliphatic heterocycles. The molecule has 2 aromatic carbocycles. The van der Waals surface area contributed by atoms with Crippen LogP contribution in [0.5, 0.6) is 0 Å². The third-order valence-corrected chi connectivity index (χ3v) is 4.70. The molecule has 0 amide bonds. The van der Waals surface area contributed by atoms with Crippen molar-refractivity contribution in [2.75, 3.05) is 14.1 Å². The first-order chi connectivity index (χ1) is 10.1. The minimum Gasteiger partial charge on any atom is -0.237 e. The number of aryl methyl sites for hydroxylation is 2. The smallest absolute Gasteiger partial charge is 0.0511 e. The van der Waals surface area contributed by atoms with Gasteiger partial charge in [0.1, 0.15) is 0 Å². The number of hydrogen-bond acceptors (Lipinski definition) is 2. The molecule has 3 rings (SSSR count). The summed E-state index contributed by atoms with van der Waals surface area (Å²) in [6.45, 7) is 4.33. The van der Waals surface area contributed by atoms with Gasteiger partial charge in [-0.2, -0.15) is 0 Å². The van der Waals surface area contributed by atoms with Gasteiger partial charge in [-0.25, -0.2) is 10.0 Å². The van der Waals surface area contributed by atoms with Gasteiger partial charge in [-0.15, -0.1) is 24.0 Å². The SMILES string of the molecule is Cc1cccc(C2CC(c3cccc(C)c3)N(C)N2C)c1.I. The molecule has 0 aliphatic carbocycles. The molecule has 2 aromatic rings. The summed E-state index contributed by atoms with van der Waals surface area (Å²) in [6, 6.07) is 18.7. The number of hydrazine groups is 1. The van der Waals surface area contributed by atoms with Gasteiger partial charge in [0, 0.05) is 14.1 Å². The van der Waals surface area contributed by atoms with Gasteiger partial charge in [-0.1, -0.05) is 59.7 Å². The first-order valence-electron chi connectivity index (χ1n) is 7.65. The fourth-order valence-corrected chi connectivity index (χ4v) is 3.41. The molecule has 3 heteroatoms. The van der Waals surface area contributed by atoms with E-state index in [-0.39, 0.29) is 24.0 Å². The monoisotopic (exact) mass is 408 g/mol. The van der Waals surface area contributed by atoms with Gasteiger partial charge >= 0.3 is 0 Å². The number of hydrogen-bond donors (Lipinski definition) is 0. The van der Waals surface area contributed by atoms with E-state index in [2.05, 4.69) is 86.5 Å². The van der Waals surface area contributed by atoms with E-state index >= 15 is 0 Å². The Morgan fingerprint density at radius 2 is 1.18 bits per heavy atom. The van der Waals surface area contributed by atoms with Crippen LogP contribution in [0.2, 0.25) is 0 Å². The van der Waals surface area contributed by atoms with Crippen LogP contribution in [0.3, 0.4) is 0 Å². The van der Waals surface area contributed by atoms with Crippen LogP contribution in [0, 0.1) is 13.8 Å². The van der Waals surface area contributed by atoms with Crippen LogP contribution in [0.1, 0.15) is 40.8 Å². The zero-order valence-electron chi connectivity index (χ0n) is 13.8. The van der Waals surface area contributed by atoms with Crippen molar-refractivity contribution in [2.45, 2.75) is 32.4 Å². The summed E-state index contributed by atoms with van der Waals surface area (Å²) in [5.41, 5.74) is 5.50. The Hall–Kier alpha value is -0.910.